The second-order valence-corrected chi connectivity index (χ2v) is 7.14. The highest BCUT2D eigenvalue weighted by Crippen LogP contribution is 2.40. The number of nitrogens with zero attached hydrogens (tertiary/aromatic N) is 1. The molecular weight excluding hydrogens is 362 g/mol. The number of carboxylic acids is 1. The molecule has 0 radical (unpaired) electrons. The summed E-state index contributed by atoms with van der Waals surface area (Å²) < 4.78 is 0.930. The van der Waals surface area contributed by atoms with E-state index in [4.69, 9.17) is 11.6 Å². The van der Waals surface area contributed by atoms with Gasteiger partial charge in [-0.25, -0.2) is 4.98 Å². The van der Waals surface area contributed by atoms with E-state index in [2.05, 4.69) is 20.9 Å². The van der Waals surface area contributed by atoms with E-state index in [-0.39, 0.29) is 0 Å². The van der Waals surface area contributed by atoms with Crippen LogP contribution in [0.15, 0.2) is 22.7 Å². The van der Waals surface area contributed by atoms with Gasteiger partial charge in [0.1, 0.15) is 5.01 Å². The number of hydrogen-bond acceptors (Lipinski definition) is 3. The maximum absolute atomic E-state index is 11.3. The predicted octanol–water partition coefficient (Wildman–Crippen LogP) is 4.73. The summed E-state index contributed by atoms with van der Waals surface area (Å²) in [5, 5.41) is 10.7. The first kappa shape index (κ1) is 14.0. The van der Waals surface area contributed by atoms with Crippen molar-refractivity contribution in [3.8, 4) is 10.6 Å². The molecule has 0 amide bonds. The van der Waals surface area contributed by atoms with E-state index in [0.717, 1.165) is 38.5 Å². The first-order valence-electron chi connectivity index (χ1n) is 6.24. The van der Waals surface area contributed by atoms with Crippen molar-refractivity contribution in [1.29, 1.82) is 0 Å². The van der Waals surface area contributed by atoms with Crippen molar-refractivity contribution >= 4 is 44.8 Å². The van der Waals surface area contributed by atoms with Crippen molar-refractivity contribution in [2.45, 2.75) is 25.2 Å². The van der Waals surface area contributed by atoms with Crippen molar-refractivity contribution < 1.29 is 9.90 Å². The molecule has 3 rings (SSSR count). The number of thiazole rings is 1. The van der Waals surface area contributed by atoms with Crippen LogP contribution in [0.1, 0.15) is 29.3 Å². The first-order valence-corrected chi connectivity index (χ1v) is 8.23. The monoisotopic (exact) mass is 371 g/mol. The average Bonchev–Trinajstić information content (AvgIpc) is 2.84. The van der Waals surface area contributed by atoms with Gasteiger partial charge in [0.15, 0.2) is 0 Å². The quantitative estimate of drug-likeness (QED) is 0.829. The third kappa shape index (κ3) is 2.50. The smallest absolute Gasteiger partial charge is 0.312 e. The van der Waals surface area contributed by atoms with Crippen LogP contribution >= 0.6 is 38.9 Å². The molecule has 1 N–H and O–H groups in total. The summed E-state index contributed by atoms with van der Waals surface area (Å²) in [4.78, 5) is 17.0. The number of fused-ring (bicyclic) bond motifs is 1. The summed E-state index contributed by atoms with van der Waals surface area (Å²) in [5.41, 5.74) is 1.57. The van der Waals surface area contributed by atoms with Crippen LogP contribution in [0.4, 0.5) is 0 Å². The molecule has 1 unspecified atom stereocenters. The Bertz CT molecular complexity index is 686. The first-order chi connectivity index (χ1) is 9.56. The van der Waals surface area contributed by atoms with Gasteiger partial charge in [-0.2, -0.15) is 0 Å². The molecule has 0 saturated heterocycles. The van der Waals surface area contributed by atoms with Crippen molar-refractivity contribution in [3.05, 3.63) is 38.3 Å². The van der Waals surface area contributed by atoms with Gasteiger partial charge in [-0.3, -0.25) is 4.79 Å². The average molecular weight is 373 g/mol. The number of carboxylic acid groups (broad SMARTS) is 1. The van der Waals surface area contributed by atoms with Crippen molar-refractivity contribution in [2.75, 3.05) is 0 Å². The van der Waals surface area contributed by atoms with Gasteiger partial charge in [0.2, 0.25) is 0 Å². The minimum absolute atomic E-state index is 0.477. The van der Waals surface area contributed by atoms with Gasteiger partial charge >= 0.3 is 5.97 Å². The Kier molecular flexibility index (Phi) is 3.84. The Balaban J connectivity index is 2.09. The number of hydrogen-bond donors (Lipinski definition) is 1. The van der Waals surface area contributed by atoms with E-state index >= 15 is 0 Å². The highest BCUT2D eigenvalue weighted by atomic mass is 79.9. The number of aryl methyl sites for hydroxylation is 1. The number of rotatable bonds is 2. The number of halogens is 2. The van der Waals surface area contributed by atoms with Crippen LogP contribution in [0.2, 0.25) is 5.02 Å². The Morgan fingerprint density at radius 1 is 1.50 bits per heavy atom. The molecule has 1 aliphatic carbocycles. The topological polar surface area (TPSA) is 50.2 Å². The van der Waals surface area contributed by atoms with E-state index in [1.54, 1.807) is 11.3 Å². The molecule has 104 valence electrons. The summed E-state index contributed by atoms with van der Waals surface area (Å²) >= 11 is 11.2. The predicted molar refractivity (Wildman–Crippen MR) is 83.6 cm³/mol. The minimum Gasteiger partial charge on any atom is -0.481 e. The molecule has 20 heavy (non-hydrogen) atoms. The lowest BCUT2D eigenvalue weighted by Gasteiger charge is -2.16. The highest BCUT2D eigenvalue weighted by molar-refractivity contribution is 9.10. The highest BCUT2D eigenvalue weighted by Gasteiger charge is 2.30. The van der Waals surface area contributed by atoms with Crippen LogP contribution in [0.25, 0.3) is 10.6 Å². The van der Waals surface area contributed by atoms with Gasteiger partial charge in [0.05, 0.1) is 16.6 Å². The number of benzene rings is 1. The molecule has 0 saturated carbocycles. The lowest BCUT2D eigenvalue weighted by atomic mass is 9.91. The van der Waals surface area contributed by atoms with Crippen LogP contribution in [0.5, 0.6) is 0 Å². The van der Waals surface area contributed by atoms with Gasteiger partial charge in [0.25, 0.3) is 0 Å². The summed E-state index contributed by atoms with van der Waals surface area (Å²) in [5.74, 6) is -1.27. The third-order valence-electron chi connectivity index (χ3n) is 3.41. The molecule has 0 aliphatic heterocycles. The molecule has 0 spiro atoms. The zero-order valence-electron chi connectivity index (χ0n) is 10.4. The Hall–Kier alpha value is -0.910. The molecule has 1 aromatic heterocycles. The number of aromatic nitrogens is 1. The van der Waals surface area contributed by atoms with Gasteiger partial charge in [-0.1, -0.05) is 27.5 Å². The van der Waals surface area contributed by atoms with E-state index in [0.29, 0.717) is 11.4 Å². The molecule has 6 heteroatoms. The van der Waals surface area contributed by atoms with E-state index < -0.39 is 11.9 Å². The van der Waals surface area contributed by atoms with Gasteiger partial charge in [-0.05, 0) is 37.5 Å². The lowest BCUT2D eigenvalue weighted by Crippen LogP contribution is -2.17. The molecule has 3 nitrogen and oxygen atoms in total. The molecule has 1 aromatic carbocycles. The van der Waals surface area contributed by atoms with Gasteiger partial charge < -0.3 is 5.11 Å². The van der Waals surface area contributed by atoms with Crippen LogP contribution in [-0.4, -0.2) is 16.1 Å². The van der Waals surface area contributed by atoms with Gasteiger partial charge in [-0.15, -0.1) is 11.3 Å². The second-order valence-electron chi connectivity index (χ2n) is 4.73. The molecule has 0 fully saturated rings. The fraction of sp³-hybridized carbons (Fsp3) is 0.286. The molecule has 2 aromatic rings. The van der Waals surface area contributed by atoms with E-state index in [9.17, 15) is 9.90 Å². The molecule has 1 heterocycles. The van der Waals surface area contributed by atoms with Crippen LogP contribution < -0.4 is 0 Å². The van der Waals surface area contributed by atoms with Crippen LogP contribution in [0.3, 0.4) is 0 Å². The van der Waals surface area contributed by atoms with Crippen molar-refractivity contribution in [1.82, 2.24) is 4.98 Å². The number of carbonyl (C=O) groups is 1. The maximum Gasteiger partial charge on any atom is 0.312 e. The zero-order chi connectivity index (χ0) is 14.3. The van der Waals surface area contributed by atoms with Crippen molar-refractivity contribution in [3.63, 3.8) is 0 Å². The van der Waals surface area contributed by atoms with E-state index in [1.807, 2.05) is 18.2 Å². The molecule has 1 aliphatic rings. The maximum atomic E-state index is 11.3. The van der Waals surface area contributed by atoms with Crippen LogP contribution in [0, 0.1) is 0 Å². The van der Waals surface area contributed by atoms with Crippen LogP contribution in [-0.2, 0) is 11.2 Å². The molecule has 0 bridgehead atoms. The molecular formula is C14H11BrClNO2S. The second kappa shape index (κ2) is 5.47. The van der Waals surface area contributed by atoms with E-state index in [1.165, 1.54) is 0 Å². The fourth-order valence-electron chi connectivity index (χ4n) is 2.44. The number of aliphatic carboxylic acids is 1. The van der Waals surface area contributed by atoms with Crippen molar-refractivity contribution in [2.24, 2.45) is 0 Å². The SMILES string of the molecule is O=C(O)C1CCCc2sc(-c3cc(Br)ccc3Cl)nc21. The Morgan fingerprint density at radius 2 is 2.30 bits per heavy atom. The third-order valence-corrected chi connectivity index (χ3v) is 5.40. The summed E-state index contributed by atoms with van der Waals surface area (Å²) in [7, 11) is 0. The standard InChI is InChI=1S/C14H11BrClNO2S/c15-7-4-5-10(16)9(6-7)13-17-12-8(14(18)19)2-1-3-11(12)20-13/h4-6,8H,1-3H2,(H,18,19). The summed E-state index contributed by atoms with van der Waals surface area (Å²) in [6, 6.07) is 5.61. The normalized spacial score (nSPS) is 17.8. The largest absolute Gasteiger partial charge is 0.481 e. The summed E-state index contributed by atoms with van der Waals surface area (Å²) in [6.07, 6.45) is 2.47. The lowest BCUT2D eigenvalue weighted by molar-refractivity contribution is -0.139. The molecule has 1 atom stereocenters. The minimum atomic E-state index is -0.789. The fourth-order valence-corrected chi connectivity index (χ4v) is 4.25. The Morgan fingerprint density at radius 3 is 3.05 bits per heavy atom. The van der Waals surface area contributed by atoms with Gasteiger partial charge in [0, 0.05) is 14.9 Å². The zero-order valence-corrected chi connectivity index (χ0v) is 13.6. The Labute approximate surface area is 133 Å². The summed E-state index contributed by atoms with van der Waals surface area (Å²) in [6.45, 7) is 0.